The second kappa shape index (κ2) is 8.22. The number of Topliss-reactive ketones (excluding diaryl/α,β-unsaturated/α-hetero) is 1. The molecule has 0 unspecified atom stereocenters. The zero-order chi connectivity index (χ0) is 18.6. The summed E-state index contributed by atoms with van der Waals surface area (Å²) in [6.45, 7) is 0. The summed E-state index contributed by atoms with van der Waals surface area (Å²) in [5, 5.41) is 0.667. The van der Waals surface area contributed by atoms with Crippen molar-refractivity contribution in [2.45, 2.75) is 51.4 Å². The van der Waals surface area contributed by atoms with E-state index in [4.69, 9.17) is 11.6 Å². The topological polar surface area (TPSA) is 47.8 Å². The van der Waals surface area contributed by atoms with Crippen LogP contribution in [0.15, 0.2) is 42.9 Å². The summed E-state index contributed by atoms with van der Waals surface area (Å²) < 4.78 is 1.89. The number of benzene rings is 1. The number of nitrogens with zero attached hydrogens (tertiary/aromatic N) is 3. The Hall–Kier alpha value is -2.20. The molecule has 1 fully saturated rings. The van der Waals surface area contributed by atoms with Gasteiger partial charge in [-0.3, -0.25) is 9.36 Å². The Morgan fingerprint density at radius 2 is 1.85 bits per heavy atom. The highest BCUT2D eigenvalue weighted by molar-refractivity contribution is 6.30. The van der Waals surface area contributed by atoms with Crippen molar-refractivity contribution in [1.82, 2.24) is 14.5 Å². The highest BCUT2D eigenvalue weighted by Crippen LogP contribution is 2.27. The van der Waals surface area contributed by atoms with Gasteiger partial charge in [0.2, 0.25) is 0 Å². The number of hydrogen-bond donors (Lipinski definition) is 0. The van der Waals surface area contributed by atoms with Gasteiger partial charge in [0, 0.05) is 23.2 Å². The lowest BCUT2D eigenvalue weighted by molar-refractivity contribution is 0.0953. The quantitative estimate of drug-likeness (QED) is 0.520. The highest BCUT2D eigenvalue weighted by atomic mass is 35.5. The van der Waals surface area contributed by atoms with Crippen LogP contribution in [0.1, 0.15) is 61.7 Å². The van der Waals surface area contributed by atoms with E-state index in [0.717, 1.165) is 16.9 Å². The van der Waals surface area contributed by atoms with E-state index >= 15 is 0 Å². The highest BCUT2D eigenvalue weighted by Gasteiger charge is 2.18. The lowest BCUT2D eigenvalue weighted by Crippen LogP contribution is -2.11. The smallest absolute Gasteiger partial charge is 0.164 e. The molecule has 1 aromatic carbocycles. The van der Waals surface area contributed by atoms with E-state index in [0.29, 0.717) is 22.9 Å². The van der Waals surface area contributed by atoms with Crippen LogP contribution in [0.4, 0.5) is 0 Å². The van der Waals surface area contributed by atoms with Crippen LogP contribution in [0.2, 0.25) is 5.02 Å². The molecule has 27 heavy (non-hydrogen) atoms. The molecular weight excluding hydrogens is 358 g/mol. The molecule has 1 aliphatic rings. The van der Waals surface area contributed by atoms with Gasteiger partial charge in [0.15, 0.2) is 11.4 Å². The van der Waals surface area contributed by atoms with E-state index in [2.05, 4.69) is 9.97 Å². The van der Waals surface area contributed by atoms with Crippen LogP contribution in [-0.4, -0.2) is 20.3 Å². The van der Waals surface area contributed by atoms with Crippen molar-refractivity contribution in [2.75, 3.05) is 0 Å². The summed E-state index contributed by atoms with van der Waals surface area (Å²) in [6, 6.07) is 9.44. The monoisotopic (exact) mass is 381 g/mol. The Kier molecular flexibility index (Phi) is 5.53. The number of carbonyl (C=O) groups is 1. The van der Waals surface area contributed by atoms with Crippen molar-refractivity contribution < 1.29 is 4.79 Å². The molecule has 2 heterocycles. The minimum Gasteiger partial charge on any atom is -0.294 e. The van der Waals surface area contributed by atoms with Gasteiger partial charge in [-0.25, -0.2) is 9.97 Å². The Morgan fingerprint density at radius 1 is 1.07 bits per heavy atom. The first-order chi connectivity index (χ1) is 13.2. The molecule has 1 saturated carbocycles. The molecule has 1 aliphatic carbocycles. The summed E-state index contributed by atoms with van der Waals surface area (Å²) >= 11 is 6.10. The average molecular weight is 382 g/mol. The molecule has 0 N–H and O–H groups in total. The number of rotatable bonds is 4. The van der Waals surface area contributed by atoms with E-state index in [1.54, 1.807) is 12.5 Å². The summed E-state index contributed by atoms with van der Waals surface area (Å²) in [5.74, 6) is 0.699. The van der Waals surface area contributed by atoms with Crippen LogP contribution in [0, 0.1) is 5.92 Å². The lowest BCUT2D eigenvalue weighted by atomic mass is 9.87. The molecule has 4 rings (SSSR count). The Labute approximate surface area is 164 Å². The van der Waals surface area contributed by atoms with E-state index in [-0.39, 0.29) is 5.78 Å². The van der Waals surface area contributed by atoms with Gasteiger partial charge in [-0.1, -0.05) is 62.6 Å². The fraction of sp³-hybridized carbons (Fsp3) is 0.409. The van der Waals surface area contributed by atoms with Gasteiger partial charge in [-0.2, -0.15) is 0 Å². The van der Waals surface area contributed by atoms with Crippen molar-refractivity contribution in [3.63, 3.8) is 0 Å². The summed E-state index contributed by atoms with van der Waals surface area (Å²) in [6.07, 6.45) is 12.8. The van der Waals surface area contributed by atoms with Gasteiger partial charge in [0.25, 0.3) is 0 Å². The zero-order valence-corrected chi connectivity index (χ0v) is 16.2. The second-order valence-electron chi connectivity index (χ2n) is 7.50. The third-order valence-corrected chi connectivity index (χ3v) is 5.73. The average Bonchev–Trinajstić information content (AvgIpc) is 3.07. The van der Waals surface area contributed by atoms with Crippen molar-refractivity contribution in [3.8, 4) is 5.69 Å². The van der Waals surface area contributed by atoms with E-state index in [1.807, 2.05) is 34.9 Å². The molecule has 3 aromatic rings. The second-order valence-corrected chi connectivity index (χ2v) is 7.94. The van der Waals surface area contributed by atoms with E-state index in [9.17, 15) is 4.79 Å². The number of pyridine rings is 1. The van der Waals surface area contributed by atoms with Crippen LogP contribution < -0.4 is 0 Å². The summed E-state index contributed by atoms with van der Waals surface area (Å²) in [4.78, 5) is 21.8. The van der Waals surface area contributed by atoms with Crippen LogP contribution >= 0.6 is 11.6 Å². The van der Waals surface area contributed by atoms with Crippen molar-refractivity contribution >= 4 is 28.5 Å². The van der Waals surface area contributed by atoms with E-state index in [1.165, 1.54) is 44.9 Å². The number of halogens is 1. The Bertz CT molecular complexity index is 942. The van der Waals surface area contributed by atoms with E-state index < -0.39 is 0 Å². The van der Waals surface area contributed by atoms with Gasteiger partial charge in [-0.05, 0) is 30.2 Å². The standard InChI is InChI=1S/C22H24ClN3O/c23-18-9-6-10-19(13-18)26-15-25-20-12-17(14-24-22(20)26)21(27)11-16-7-4-2-1-3-5-8-16/h6,9-10,12-16H,1-5,7-8,11H2. The summed E-state index contributed by atoms with van der Waals surface area (Å²) in [5.41, 5.74) is 3.05. The molecule has 0 amide bonds. The minimum atomic E-state index is 0.187. The third kappa shape index (κ3) is 4.22. The van der Waals surface area contributed by atoms with Gasteiger partial charge in [-0.15, -0.1) is 0 Å². The first-order valence-electron chi connectivity index (χ1n) is 9.83. The number of aromatic nitrogens is 3. The minimum absolute atomic E-state index is 0.187. The zero-order valence-electron chi connectivity index (χ0n) is 15.4. The van der Waals surface area contributed by atoms with Crippen molar-refractivity contribution in [3.05, 3.63) is 53.4 Å². The normalized spacial score (nSPS) is 16.2. The number of imidazole rings is 1. The maximum Gasteiger partial charge on any atom is 0.164 e. The molecule has 140 valence electrons. The van der Waals surface area contributed by atoms with Gasteiger partial charge < -0.3 is 0 Å². The maximum atomic E-state index is 12.8. The fourth-order valence-corrected chi connectivity index (χ4v) is 4.18. The first kappa shape index (κ1) is 18.2. The lowest BCUT2D eigenvalue weighted by Gasteiger charge is -2.18. The third-order valence-electron chi connectivity index (χ3n) is 5.49. The summed E-state index contributed by atoms with van der Waals surface area (Å²) in [7, 11) is 0. The molecule has 4 nitrogen and oxygen atoms in total. The van der Waals surface area contributed by atoms with Crippen molar-refractivity contribution in [1.29, 1.82) is 0 Å². The Balaban J connectivity index is 1.54. The molecule has 0 saturated heterocycles. The van der Waals surface area contributed by atoms with Gasteiger partial charge >= 0.3 is 0 Å². The number of hydrogen-bond acceptors (Lipinski definition) is 3. The predicted molar refractivity (Wildman–Crippen MR) is 109 cm³/mol. The van der Waals surface area contributed by atoms with Crippen LogP contribution in [-0.2, 0) is 0 Å². The predicted octanol–water partition coefficient (Wildman–Crippen LogP) is 6.01. The number of carbonyl (C=O) groups excluding carboxylic acids is 1. The Morgan fingerprint density at radius 3 is 2.63 bits per heavy atom. The number of ketones is 1. The number of fused-ring (bicyclic) bond motifs is 1. The largest absolute Gasteiger partial charge is 0.294 e. The molecule has 5 heteroatoms. The van der Waals surface area contributed by atoms with Gasteiger partial charge in [0.1, 0.15) is 11.8 Å². The maximum absolute atomic E-state index is 12.8. The SMILES string of the molecule is O=C(CC1CCCCCCC1)c1cnc2c(c1)ncn2-c1cccc(Cl)c1. The molecule has 2 aromatic heterocycles. The van der Waals surface area contributed by atoms with Crippen molar-refractivity contribution in [2.24, 2.45) is 5.92 Å². The molecule has 0 atom stereocenters. The molecular formula is C22H24ClN3O. The van der Waals surface area contributed by atoms with Crippen LogP contribution in [0.5, 0.6) is 0 Å². The molecule has 0 aliphatic heterocycles. The molecule has 0 spiro atoms. The van der Waals surface area contributed by atoms with Crippen LogP contribution in [0.3, 0.4) is 0 Å². The van der Waals surface area contributed by atoms with Crippen LogP contribution in [0.25, 0.3) is 16.9 Å². The molecule has 0 bridgehead atoms. The molecule has 0 radical (unpaired) electrons. The first-order valence-corrected chi connectivity index (χ1v) is 10.2. The van der Waals surface area contributed by atoms with Gasteiger partial charge in [0.05, 0.1) is 5.69 Å². The fourth-order valence-electron chi connectivity index (χ4n) is 3.99.